The van der Waals surface area contributed by atoms with Crippen molar-refractivity contribution in [2.24, 2.45) is 0 Å². The van der Waals surface area contributed by atoms with Crippen LogP contribution in [0.5, 0.6) is 0 Å². The molecule has 3 heteroatoms. The molecule has 0 spiro atoms. The van der Waals surface area contributed by atoms with Gasteiger partial charge in [-0.2, -0.15) is 0 Å². The van der Waals surface area contributed by atoms with E-state index in [0.29, 0.717) is 6.04 Å². The van der Waals surface area contributed by atoms with Crippen molar-refractivity contribution >= 4 is 0 Å². The molecule has 0 bridgehead atoms. The number of hydrogen-bond donors (Lipinski definition) is 1. The van der Waals surface area contributed by atoms with Gasteiger partial charge >= 0.3 is 0 Å². The van der Waals surface area contributed by atoms with Crippen LogP contribution in [-0.2, 0) is 13.0 Å². The Morgan fingerprint density at radius 3 is 2.63 bits per heavy atom. The minimum atomic E-state index is -0.187. The van der Waals surface area contributed by atoms with Gasteiger partial charge in [0.15, 0.2) is 0 Å². The fraction of sp³-hybridized carbons (Fsp3) is 0.312. The summed E-state index contributed by atoms with van der Waals surface area (Å²) in [7, 11) is 0. The molecule has 0 aliphatic carbocycles. The average Bonchev–Trinajstić information content (AvgIpc) is 2.40. The normalized spacial score (nSPS) is 12.4. The Morgan fingerprint density at radius 2 is 1.95 bits per heavy atom. The van der Waals surface area contributed by atoms with Gasteiger partial charge in [0.2, 0.25) is 0 Å². The van der Waals surface area contributed by atoms with Crippen LogP contribution in [0.4, 0.5) is 4.39 Å². The quantitative estimate of drug-likeness (QED) is 0.890. The molecule has 0 amide bonds. The average molecular weight is 258 g/mol. The summed E-state index contributed by atoms with van der Waals surface area (Å²) in [4.78, 5) is 4.36. The van der Waals surface area contributed by atoms with E-state index in [1.54, 1.807) is 0 Å². The first-order valence-electron chi connectivity index (χ1n) is 6.53. The zero-order valence-electron chi connectivity index (χ0n) is 11.4. The lowest BCUT2D eigenvalue weighted by molar-refractivity contribution is 0.538. The summed E-state index contributed by atoms with van der Waals surface area (Å²) < 4.78 is 12.8. The SMILES string of the molecule is Cc1cccnc1CNC(C)Cc1ccc(F)cc1. The van der Waals surface area contributed by atoms with Crippen LogP contribution < -0.4 is 5.32 Å². The molecule has 0 aliphatic rings. The van der Waals surface area contributed by atoms with E-state index in [9.17, 15) is 4.39 Å². The smallest absolute Gasteiger partial charge is 0.123 e. The Hall–Kier alpha value is -1.74. The third kappa shape index (κ3) is 4.14. The highest BCUT2D eigenvalue weighted by Crippen LogP contribution is 2.07. The number of aryl methyl sites for hydroxylation is 1. The van der Waals surface area contributed by atoms with Gasteiger partial charge in [0, 0.05) is 18.8 Å². The Bertz CT molecular complexity index is 523. The molecule has 100 valence electrons. The minimum Gasteiger partial charge on any atom is -0.308 e. The van der Waals surface area contributed by atoms with E-state index in [2.05, 4.69) is 30.2 Å². The molecule has 1 heterocycles. The minimum absolute atomic E-state index is 0.187. The predicted octanol–water partition coefficient (Wildman–Crippen LogP) is 3.25. The summed E-state index contributed by atoms with van der Waals surface area (Å²) in [6.07, 6.45) is 2.70. The van der Waals surface area contributed by atoms with Crippen LogP contribution in [0, 0.1) is 12.7 Å². The van der Waals surface area contributed by atoms with Crippen molar-refractivity contribution in [1.29, 1.82) is 0 Å². The number of rotatable bonds is 5. The van der Waals surface area contributed by atoms with E-state index in [1.807, 2.05) is 24.4 Å². The molecule has 2 nitrogen and oxygen atoms in total. The van der Waals surface area contributed by atoms with Crippen molar-refractivity contribution in [1.82, 2.24) is 10.3 Å². The van der Waals surface area contributed by atoms with E-state index in [-0.39, 0.29) is 5.82 Å². The molecule has 2 aromatic rings. The second kappa shape index (κ2) is 6.43. The molecule has 19 heavy (non-hydrogen) atoms. The van der Waals surface area contributed by atoms with E-state index < -0.39 is 0 Å². The molecule has 1 N–H and O–H groups in total. The van der Waals surface area contributed by atoms with Crippen LogP contribution in [0.25, 0.3) is 0 Å². The maximum atomic E-state index is 12.8. The van der Waals surface area contributed by atoms with Crippen molar-refractivity contribution in [3.05, 3.63) is 65.2 Å². The predicted molar refractivity (Wildman–Crippen MR) is 75.4 cm³/mol. The molecule has 0 fully saturated rings. The van der Waals surface area contributed by atoms with Crippen molar-refractivity contribution in [2.45, 2.75) is 32.9 Å². The lowest BCUT2D eigenvalue weighted by Crippen LogP contribution is -2.28. The molecule has 0 saturated carbocycles. The fourth-order valence-electron chi connectivity index (χ4n) is 2.02. The number of benzene rings is 1. The first-order valence-corrected chi connectivity index (χ1v) is 6.53. The van der Waals surface area contributed by atoms with E-state index in [4.69, 9.17) is 0 Å². The third-order valence-corrected chi connectivity index (χ3v) is 3.19. The molecule has 1 aromatic heterocycles. The maximum absolute atomic E-state index is 12.8. The lowest BCUT2D eigenvalue weighted by Gasteiger charge is -2.14. The van der Waals surface area contributed by atoms with Gasteiger partial charge in [-0.1, -0.05) is 18.2 Å². The first-order chi connectivity index (χ1) is 9.15. The Kier molecular flexibility index (Phi) is 4.63. The second-order valence-electron chi connectivity index (χ2n) is 4.88. The van der Waals surface area contributed by atoms with Crippen LogP contribution in [0.2, 0.25) is 0 Å². The van der Waals surface area contributed by atoms with Gasteiger partial charge in [0.25, 0.3) is 0 Å². The Balaban J connectivity index is 1.86. The van der Waals surface area contributed by atoms with Crippen LogP contribution in [0.1, 0.15) is 23.7 Å². The van der Waals surface area contributed by atoms with Gasteiger partial charge < -0.3 is 5.32 Å². The summed E-state index contributed by atoms with van der Waals surface area (Å²) in [5.74, 6) is -0.187. The highest BCUT2D eigenvalue weighted by Gasteiger charge is 2.05. The summed E-state index contributed by atoms with van der Waals surface area (Å²) in [5, 5.41) is 3.45. The number of halogens is 1. The van der Waals surface area contributed by atoms with Crippen LogP contribution in [0.3, 0.4) is 0 Å². The van der Waals surface area contributed by atoms with Crippen LogP contribution in [-0.4, -0.2) is 11.0 Å². The summed E-state index contributed by atoms with van der Waals surface area (Å²) in [6, 6.07) is 11.0. The van der Waals surface area contributed by atoms with Crippen molar-refractivity contribution in [2.75, 3.05) is 0 Å². The molecule has 1 unspecified atom stereocenters. The molecule has 2 rings (SSSR count). The van der Waals surface area contributed by atoms with Gasteiger partial charge in [-0.25, -0.2) is 4.39 Å². The molecule has 0 aliphatic heterocycles. The van der Waals surface area contributed by atoms with Gasteiger partial charge in [0.1, 0.15) is 5.82 Å². The zero-order valence-corrected chi connectivity index (χ0v) is 11.4. The van der Waals surface area contributed by atoms with Gasteiger partial charge in [-0.3, -0.25) is 4.98 Å². The molecular formula is C16H19FN2. The number of aromatic nitrogens is 1. The van der Waals surface area contributed by atoms with E-state index in [0.717, 1.165) is 24.2 Å². The lowest BCUT2D eigenvalue weighted by atomic mass is 10.1. The van der Waals surface area contributed by atoms with Crippen molar-refractivity contribution in [3.8, 4) is 0 Å². The third-order valence-electron chi connectivity index (χ3n) is 3.19. The van der Waals surface area contributed by atoms with Crippen molar-refractivity contribution < 1.29 is 4.39 Å². The fourth-order valence-corrected chi connectivity index (χ4v) is 2.02. The highest BCUT2D eigenvalue weighted by atomic mass is 19.1. The second-order valence-corrected chi connectivity index (χ2v) is 4.88. The molecular weight excluding hydrogens is 239 g/mol. The summed E-state index contributed by atoms with van der Waals surface area (Å²) in [5.41, 5.74) is 3.41. The zero-order chi connectivity index (χ0) is 13.7. The summed E-state index contributed by atoms with van der Waals surface area (Å²) in [6.45, 7) is 4.95. The molecule has 1 atom stereocenters. The number of hydrogen-bond acceptors (Lipinski definition) is 2. The maximum Gasteiger partial charge on any atom is 0.123 e. The Labute approximate surface area is 113 Å². The molecule has 1 aromatic carbocycles. The Morgan fingerprint density at radius 1 is 1.21 bits per heavy atom. The molecule has 0 saturated heterocycles. The van der Waals surface area contributed by atoms with Crippen LogP contribution >= 0.6 is 0 Å². The summed E-state index contributed by atoms with van der Waals surface area (Å²) >= 11 is 0. The van der Waals surface area contributed by atoms with Gasteiger partial charge in [-0.05, 0) is 49.6 Å². The number of nitrogens with one attached hydrogen (secondary N) is 1. The number of nitrogens with zero attached hydrogens (tertiary/aromatic N) is 1. The standard InChI is InChI=1S/C16H19FN2/c1-12-4-3-9-18-16(12)11-19-13(2)10-14-5-7-15(17)8-6-14/h3-9,13,19H,10-11H2,1-2H3. The highest BCUT2D eigenvalue weighted by molar-refractivity contribution is 5.18. The monoisotopic (exact) mass is 258 g/mol. The van der Waals surface area contributed by atoms with E-state index in [1.165, 1.54) is 17.7 Å². The van der Waals surface area contributed by atoms with Gasteiger partial charge in [0.05, 0.1) is 5.69 Å². The van der Waals surface area contributed by atoms with Crippen molar-refractivity contribution in [3.63, 3.8) is 0 Å². The van der Waals surface area contributed by atoms with Crippen LogP contribution in [0.15, 0.2) is 42.6 Å². The first kappa shape index (κ1) is 13.7. The topological polar surface area (TPSA) is 24.9 Å². The largest absolute Gasteiger partial charge is 0.308 e. The van der Waals surface area contributed by atoms with Gasteiger partial charge in [-0.15, -0.1) is 0 Å². The molecule has 0 radical (unpaired) electrons. The van der Waals surface area contributed by atoms with E-state index >= 15 is 0 Å². The number of pyridine rings is 1.